The molecule has 1 aromatic heterocycles. The highest BCUT2D eigenvalue weighted by Gasteiger charge is 2.14. The summed E-state index contributed by atoms with van der Waals surface area (Å²) in [6.45, 7) is 0.206. The Morgan fingerprint density at radius 3 is 2.76 bits per heavy atom. The van der Waals surface area contributed by atoms with Crippen LogP contribution >= 0.6 is 0 Å². The Bertz CT molecular complexity index is 673. The standard InChI is InChI=1S/C14H12FN3O3/c1-17(14(19)11-5-6-13(15)16-8-11)9-10-3-2-4-12(7-10)18(20)21/h2-8H,9H2,1H3. The molecule has 0 fully saturated rings. The van der Waals surface area contributed by atoms with Gasteiger partial charge in [0.15, 0.2) is 0 Å². The molecule has 0 saturated heterocycles. The summed E-state index contributed by atoms with van der Waals surface area (Å²) in [5.41, 5.74) is 0.858. The molecule has 6 nitrogen and oxygen atoms in total. The van der Waals surface area contributed by atoms with Gasteiger partial charge in [0.25, 0.3) is 11.6 Å². The molecule has 2 rings (SSSR count). The van der Waals surface area contributed by atoms with Gasteiger partial charge >= 0.3 is 0 Å². The summed E-state index contributed by atoms with van der Waals surface area (Å²) in [6.07, 6.45) is 1.15. The van der Waals surface area contributed by atoms with Crippen LogP contribution < -0.4 is 0 Å². The fourth-order valence-corrected chi connectivity index (χ4v) is 1.84. The monoisotopic (exact) mass is 289 g/mol. The number of pyridine rings is 1. The molecule has 0 aliphatic heterocycles. The zero-order chi connectivity index (χ0) is 15.4. The SMILES string of the molecule is CN(Cc1cccc([N+](=O)[O-])c1)C(=O)c1ccc(F)nc1. The average Bonchev–Trinajstić information content (AvgIpc) is 2.47. The van der Waals surface area contributed by atoms with E-state index in [1.807, 2.05) is 0 Å². The van der Waals surface area contributed by atoms with Crippen LogP contribution in [0.1, 0.15) is 15.9 Å². The molecule has 21 heavy (non-hydrogen) atoms. The summed E-state index contributed by atoms with van der Waals surface area (Å²) in [4.78, 5) is 27.1. The van der Waals surface area contributed by atoms with E-state index in [-0.39, 0.29) is 23.7 Å². The fourth-order valence-electron chi connectivity index (χ4n) is 1.84. The summed E-state index contributed by atoms with van der Waals surface area (Å²) in [5.74, 6) is -0.998. The Kier molecular flexibility index (Phi) is 4.22. The van der Waals surface area contributed by atoms with Gasteiger partial charge in [-0.3, -0.25) is 14.9 Å². The molecular formula is C14H12FN3O3. The van der Waals surface area contributed by atoms with Crippen molar-refractivity contribution in [3.05, 3.63) is 69.8 Å². The summed E-state index contributed by atoms with van der Waals surface area (Å²) in [5, 5.41) is 10.7. The number of nitro groups is 1. The van der Waals surface area contributed by atoms with Crippen molar-refractivity contribution < 1.29 is 14.1 Å². The number of nitrogens with zero attached hydrogens (tertiary/aromatic N) is 3. The Hall–Kier alpha value is -2.83. The average molecular weight is 289 g/mol. The second-order valence-corrected chi connectivity index (χ2v) is 4.46. The van der Waals surface area contributed by atoms with Gasteiger partial charge in [0.1, 0.15) is 0 Å². The molecule has 0 atom stereocenters. The van der Waals surface area contributed by atoms with Crippen LogP contribution in [0.15, 0.2) is 42.6 Å². The van der Waals surface area contributed by atoms with E-state index in [4.69, 9.17) is 0 Å². The number of benzene rings is 1. The fraction of sp³-hybridized carbons (Fsp3) is 0.143. The molecule has 0 radical (unpaired) electrons. The van der Waals surface area contributed by atoms with E-state index in [1.165, 1.54) is 23.1 Å². The first kappa shape index (κ1) is 14.6. The van der Waals surface area contributed by atoms with Gasteiger partial charge in [-0.2, -0.15) is 4.39 Å². The lowest BCUT2D eigenvalue weighted by Gasteiger charge is -2.17. The quantitative estimate of drug-likeness (QED) is 0.492. The Balaban J connectivity index is 2.12. The third-order valence-corrected chi connectivity index (χ3v) is 2.86. The number of halogens is 1. The number of carbonyl (C=O) groups is 1. The topological polar surface area (TPSA) is 76.3 Å². The number of non-ortho nitro benzene ring substituents is 1. The summed E-state index contributed by atoms with van der Waals surface area (Å²) < 4.78 is 12.7. The van der Waals surface area contributed by atoms with Crippen LogP contribution in [0.5, 0.6) is 0 Å². The van der Waals surface area contributed by atoms with E-state index < -0.39 is 10.9 Å². The lowest BCUT2D eigenvalue weighted by atomic mass is 10.2. The summed E-state index contributed by atoms with van der Waals surface area (Å²) in [7, 11) is 1.56. The first-order chi connectivity index (χ1) is 9.97. The zero-order valence-corrected chi connectivity index (χ0v) is 11.2. The molecule has 0 N–H and O–H groups in total. The number of aromatic nitrogens is 1. The van der Waals surface area contributed by atoms with Gasteiger partial charge in [0, 0.05) is 31.9 Å². The van der Waals surface area contributed by atoms with Crippen LogP contribution in [0.2, 0.25) is 0 Å². The van der Waals surface area contributed by atoms with Crippen molar-refractivity contribution in [2.24, 2.45) is 0 Å². The molecule has 108 valence electrons. The van der Waals surface area contributed by atoms with Crippen molar-refractivity contribution in [2.45, 2.75) is 6.54 Å². The smallest absolute Gasteiger partial charge is 0.269 e. The minimum absolute atomic E-state index is 0.0307. The number of rotatable bonds is 4. The van der Waals surface area contributed by atoms with Gasteiger partial charge in [0.2, 0.25) is 5.95 Å². The number of hydrogen-bond acceptors (Lipinski definition) is 4. The highest BCUT2D eigenvalue weighted by atomic mass is 19.1. The van der Waals surface area contributed by atoms with Gasteiger partial charge in [-0.15, -0.1) is 0 Å². The molecule has 1 amide bonds. The molecule has 0 aliphatic rings. The number of carbonyl (C=O) groups excluding carboxylic acids is 1. The minimum atomic E-state index is -0.659. The number of nitro benzene ring substituents is 1. The van der Waals surface area contributed by atoms with E-state index in [2.05, 4.69) is 4.98 Å². The van der Waals surface area contributed by atoms with E-state index >= 15 is 0 Å². The van der Waals surface area contributed by atoms with Crippen LogP contribution in [0, 0.1) is 16.1 Å². The maximum absolute atomic E-state index is 12.7. The van der Waals surface area contributed by atoms with Crippen LogP contribution in [-0.2, 0) is 6.54 Å². The van der Waals surface area contributed by atoms with E-state index in [0.717, 1.165) is 12.3 Å². The lowest BCUT2D eigenvalue weighted by molar-refractivity contribution is -0.384. The normalized spacial score (nSPS) is 10.2. The van der Waals surface area contributed by atoms with E-state index in [0.29, 0.717) is 5.56 Å². The van der Waals surface area contributed by atoms with Crippen molar-refractivity contribution >= 4 is 11.6 Å². The highest BCUT2D eigenvalue weighted by Crippen LogP contribution is 2.15. The van der Waals surface area contributed by atoms with Gasteiger partial charge in [0.05, 0.1) is 10.5 Å². The maximum atomic E-state index is 12.7. The van der Waals surface area contributed by atoms with Crippen molar-refractivity contribution in [3.63, 3.8) is 0 Å². The molecule has 0 saturated carbocycles. The molecule has 0 bridgehead atoms. The second kappa shape index (κ2) is 6.08. The molecule has 1 heterocycles. The van der Waals surface area contributed by atoms with Gasteiger partial charge in [-0.1, -0.05) is 12.1 Å². The predicted octanol–water partition coefficient (Wildman–Crippen LogP) is 2.40. The summed E-state index contributed by atoms with van der Waals surface area (Å²) in [6, 6.07) is 8.50. The van der Waals surface area contributed by atoms with Crippen LogP contribution in [-0.4, -0.2) is 27.8 Å². The summed E-state index contributed by atoms with van der Waals surface area (Å²) >= 11 is 0. The predicted molar refractivity (Wildman–Crippen MR) is 73.1 cm³/mol. The third kappa shape index (κ3) is 3.59. The largest absolute Gasteiger partial charge is 0.337 e. The van der Waals surface area contributed by atoms with E-state index in [1.54, 1.807) is 19.2 Å². The Labute approximate surface area is 120 Å². The second-order valence-electron chi connectivity index (χ2n) is 4.46. The first-order valence-corrected chi connectivity index (χ1v) is 6.07. The van der Waals surface area contributed by atoms with E-state index in [9.17, 15) is 19.3 Å². The molecule has 2 aromatic rings. The number of amides is 1. The molecule has 7 heteroatoms. The third-order valence-electron chi connectivity index (χ3n) is 2.86. The van der Waals surface area contributed by atoms with Crippen LogP contribution in [0.4, 0.5) is 10.1 Å². The van der Waals surface area contributed by atoms with Crippen molar-refractivity contribution in [1.82, 2.24) is 9.88 Å². The Morgan fingerprint density at radius 1 is 1.38 bits per heavy atom. The molecule has 0 aliphatic carbocycles. The minimum Gasteiger partial charge on any atom is -0.337 e. The maximum Gasteiger partial charge on any atom is 0.269 e. The van der Waals surface area contributed by atoms with Crippen molar-refractivity contribution in [1.29, 1.82) is 0 Å². The van der Waals surface area contributed by atoms with Crippen molar-refractivity contribution in [3.8, 4) is 0 Å². The lowest BCUT2D eigenvalue weighted by Crippen LogP contribution is -2.26. The van der Waals surface area contributed by atoms with Crippen LogP contribution in [0.3, 0.4) is 0 Å². The first-order valence-electron chi connectivity index (χ1n) is 6.07. The highest BCUT2D eigenvalue weighted by molar-refractivity contribution is 5.93. The van der Waals surface area contributed by atoms with Crippen molar-refractivity contribution in [2.75, 3.05) is 7.05 Å². The molecular weight excluding hydrogens is 277 g/mol. The Morgan fingerprint density at radius 2 is 2.14 bits per heavy atom. The van der Waals surface area contributed by atoms with Gasteiger partial charge < -0.3 is 4.90 Å². The molecule has 1 aromatic carbocycles. The zero-order valence-electron chi connectivity index (χ0n) is 11.2. The number of hydrogen-bond donors (Lipinski definition) is 0. The van der Waals surface area contributed by atoms with Gasteiger partial charge in [-0.05, 0) is 17.7 Å². The van der Waals surface area contributed by atoms with Crippen LogP contribution in [0.25, 0.3) is 0 Å². The molecule has 0 spiro atoms. The molecule has 0 unspecified atom stereocenters. The van der Waals surface area contributed by atoms with Gasteiger partial charge in [-0.25, -0.2) is 4.98 Å².